The predicted molar refractivity (Wildman–Crippen MR) is 56.0 cm³/mol. The molecule has 0 amide bonds. The van der Waals surface area contributed by atoms with Crippen LogP contribution in [-0.4, -0.2) is 21.3 Å². The van der Waals surface area contributed by atoms with Crippen LogP contribution in [0.4, 0.5) is 0 Å². The average molecular weight is 201 g/mol. The minimum Gasteiger partial charge on any atom is -0.327 e. The molecule has 2 aliphatic rings. The Balaban J connectivity index is 1.76. The highest BCUT2D eigenvalue weighted by Gasteiger charge is 2.31. The highest BCUT2D eigenvalue weighted by Crippen LogP contribution is 2.33. The highest BCUT2D eigenvalue weighted by atomic mass is 32.2. The van der Waals surface area contributed by atoms with Gasteiger partial charge in [0.25, 0.3) is 0 Å². The topological polar surface area (TPSA) is 43.1 Å². The molecule has 0 aliphatic heterocycles. The molecule has 0 saturated heterocycles. The first kappa shape index (κ1) is 9.66. The summed E-state index contributed by atoms with van der Waals surface area (Å²) in [4.78, 5) is 0. The van der Waals surface area contributed by atoms with E-state index in [4.69, 9.17) is 5.73 Å². The zero-order valence-electron chi connectivity index (χ0n) is 8.08. The first-order valence-electron chi connectivity index (χ1n) is 5.40. The third-order valence-corrected chi connectivity index (χ3v) is 5.19. The van der Waals surface area contributed by atoms with Crippen LogP contribution >= 0.6 is 0 Å². The van der Waals surface area contributed by atoms with Crippen LogP contribution in [0.3, 0.4) is 0 Å². The Kier molecular flexibility index (Phi) is 3.04. The SMILES string of the molecule is NC(CS(=O)C1CCCC1)C1CC1. The molecule has 0 aromatic heterocycles. The molecular weight excluding hydrogens is 182 g/mol. The van der Waals surface area contributed by atoms with Gasteiger partial charge in [-0.1, -0.05) is 12.8 Å². The number of hydrogen-bond donors (Lipinski definition) is 1. The molecule has 0 radical (unpaired) electrons. The van der Waals surface area contributed by atoms with Gasteiger partial charge in [0.2, 0.25) is 0 Å². The molecule has 2 nitrogen and oxygen atoms in total. The van der Waals surface area contributed by atoms with Crippen molar-refractivity contribution in [3.63, 3.8) is 0 Å². The maximum Gasteiger partial charge on any atom is 0.0392 e. The van der Waals surface area contributed by atoms with Gasteiger partial charge in [-0.15, -0.1) is 0 Å². The van der Waals surface area contributed by atoms with E-state index in [0.29, 0.717) is 11.2 Å². The van der Waals surface area contributed by atoms with Crippen LogP contribution in [0.15, 0.2) is 0 Å². The van der Waals surface area contributed by atoms with E-state index in [9.17, 15) is 4.21 Å². The molecule has 2 rings (SSSR count). The minimum atomic E-state index is -0.631. The van der Waals surface area contributed by atoms with E-state index in [1.807, 2.05) is 0 Å². The minimum absolute atomic E-state index is 0.224. The van der Waals surface area contributed by atoms with E-state index in [2.05, 4.69) is 0 Å². The smallest absolute Gasteiger partial charge is 0.0392 e. The standard InChI is InChI=1S/C10H19NOS/c11-10(8-5-6-8)7-13(12)9-3-1-2-4-9/h8-10H,1-7,11H2. The van der Waals surface area contributed by atoms with Gasteiger partial charge in [-0.3, -0.25) is 4.21 Å². The van der Waals surface area contributed by atoms with Crippen LogP contribution in [0.1, 0.15) is 38.5 Å². The summed E-state index contributed by atoms with van der Waals surface area (Å²) >= 11 is 0. The Bertz CT molecular complexity index is 197. The van der Waals surface area contributed by atoms with Gasteiger partial charge in [0.15, 0.2) is 0 Å². The van der Waals surface area contributed by atoms with Crippen LogP contribution in [0.2, 0.25) is 0 Å². The van der Waals surface area contributed by atoms with Gasteiger partial charge in [0.05, 0.1) is 0 Å². The van der Waals surface area contributed by atoms with Crippen molar-refractivity contribution in [2.24, 2.45) is 11.7 Å². The molecule has 2 atom stereocenters. The Morgan fingerprint density at radius 3 is 2.38 bits per heavy atom. The van der Waals surface area contributed by atoms with E-state index in [0.717, 1.165) is 5.75 Å². The molecule has 0 aromatic carbocycles. The van der Waals surface area contributed by atoms with E-state index in [-0.39, 0.29) is 6.04 Å². The van der Waals surface area contributed by atoms with E-state index < -0.39 is 10.8 Å². The van der Waals surface area contributed by atoms with Crippen LogP contribution < -0.4 is 5.73 Å². The lowest BCUT2D eigenvalue weighted by atomic mass is 10.2. The number of hydrogen-bond acceptors (Lipinski definition) is 2. The molecule has 2 fully saturated rings. The van der Waals surface area contributed by atoms with Crippen LogP contribution in [-0.2, 0) is 10.8 Å². The summed E-state index contributed by atoms with van der Waals surface area (Å²) in [5.41, 5.74) is 5.95. The van der Waals surface area contributed by atoms with E-state index >= 15 is 0 Å². The second kappa shape index (κ2) is 4.09. The lowest BCUT2D eigenvalue weighted by molar-refractivity contribution is 0.626. The van der Waals surface area contributed by atoms with Gasteiger partial charge in [-0.25, -0.2) is 0 Å². The molecule has 2 saturated carbocycles. The van der Waals surface area contributed by atoms with Gasteiger partial charge in [0.1, 0.15) is 0 Å². The molecule has 0 spiro atoms. The fourth-order valence-corrected chi connectivity index (χ4v) is 3.92. The fourth-order valence-electron chi connectivity index (χ4n) is 2.14. The Hall–Kier alpha value is 0.110. The Morgan fingerprint density at radius 1 is 1.23 bits per heavy atom. The second-order valence-electron chi connectivity index (χ2n) is 4.46. The molecule has 13 heavy (non-hydrogen) atoms. The van der Waals surface area contributed by atoms with Crippen LogP contribution in [0.5, 0.6) is 0 Å². The van der Waals surface area contributed by atoms with Gasteiger partial charge < -0.3 is 5.73 Å². The average Bonchev–Trinajstić information content (AvgIpc) is 2.81. The third kappa shape index (κ3) is 2.53. The molecule has 2 unspecified atom stereocenters. The highest BCUT2D eigenvalue weighted by molar-refractivity contribution is 7.85. The first-order valence-corrected chi connectivity index (χ1v) is 6.78. The monoisotopic (exact) mass is 201 g/mol. The summed E-state index contributed by atoms with van der Waals surface area (Å²) in [5.74, 6) is 1.46. The summed E-state index contributed by atoms with van der Waals surface area (Å²) in [6, 6.07) is 0.224. The molecular formula is C10H19NOS. The maximum absolute atomic E-state index is 11.8. The van der Waals surface area contributed by atoms with Crippen molar-refractivity contribution in [3.05, 3.63) is 0 Å². The summed E-state index contributed by atoms with van der Waals surface area (Å²) < 4.78 is 11.8. The Labute approximate surface area is 82.7 Å². The normalized spacial score (nSPS) is 29.0. The zero-order valence-corrected chi connectivity index (χ0v) is 8.89. The van der Waals surface area contributed by atoms with Crippen molar-refractivity contribution in [2.45, 2.75) is 49.8 Å². The van der Waals surface area contributed by atoms with Crippen molar-refractivity contribution < 1.29 is 4.21 Å². The molecule has 76 valence electrons. The predicted octanol–water partition coefficient (Wildman–Crippen LogP) is 1.41. The lowest BCUT2D eigenvalue weighted by Crippen LogP contribution is -2.32. The first-order chi connectivity index (χ1) is 6.27. The van der Waals surface area contributed by atoms with Crippen molar-refractivity contribution in [2.75, 3.05) is 5.75 Å². The summed E-state index contributed by atoms with van der Waals surface area (Å²) in [6.07, 6.45) is 7.42. The van der Waals surface area contributed by atoms with Crippen molar-refractivity contribution >= 4 is 10.8 Å². The lowest BCUT2D eigenvalue weighted by Gasteiger charge is -2.13. The molecule has 2 aliphatic carbocycles. The van der Waals surface area contributed by atoms with Crippen molar-refractivity contribution in [1.29, 1.82) is 0 Å². The van der Waals surface area contributed by atoms with Crippen molar-refractivity contribution in [1.82, 2.24) is 0 Å². The fraction of sp³-hybridized carbons (Fsp3) is 1.00. The Morgan fingerprint density at radius 2 is 1.85 bits per heavy atom. The molecule has 0 bridgehead atoms. The van der Waals surface area contributed by atoms with Gasteiger partial charge in [0, 0.05) is 27.8 Å². The second-order valence-corrected chi connectivity index (χ2v) is 6.22. The van der Waals surface area contributed by atoms with E-state index in [1.165, 1.54) is 38.5 Å². The zero-order chi connectivity index (χ0) is 9.26. The third-order valence-electron chi connectivity index (χ3n) is 3.26. The van der Waals surface area contributed by atoms with Crippen LogP contribution in [0, 0.1) is 5.92 Å². The summed E-state index contributed by atoms with van der Waals surface area (Å²) in [7, 11) is -0.631. The molecule has 2 N–H and O–H groups in total. The number of rotatable bonds is 4. The summed E-state index contributed by atoms with van der Waals surface area (Å²) in [6.45, 7) is 0. The molecule has 3 heteroatoms. The molecule has 0 aromatic rings. The number of nitrogens with two attached hydrogens (primary N) is 1. The maximum atomic E-state index is 11.8. The van der Waals surface area contributed by atoms with Gasteiger partial charge in [-0.2, -0.15) is 0 Å². The largest absolute Gasteiger partial charge is 0.327 e. The van der Waals surface area contributed by atoms with Crippen LogP contribution in [0.25, 0.3) is 0 Å². The van der Waals surface area contributed by atoms with Gasteiger partial charge >= 0.3 is 0 Å². The van der Waals surface area contributed by atoms with Crippen molar-refractivity contribution in [3.8, 4) is 0 Å². The van der Waals surface area contributed by atoms with E-state index in [1.54, 1.807) is 0 Å². The quantitative estimate of drug-likeness (QED) is 0.747. The van der Waals surface area contributed by atoms with Gasteiger partial charge in [-0.05, 0) is 31.6 Å². The summed E-state index contributed by atoms with van der Waals surface area (Å²) in [5, 5.41) is 0.477. The molecule has 0 heterocycles.